The maximum atomic E-state index is 10.7. The third-order valence-corrected chi connectivity index (χ3v) is 2.84. The van der Waals surface area contributed by atoms with Gasteiger partial charge in [0.25, 0.3) is 0 Å². The second-order valence-electron chi connectivity index (χ2n) is 2.39. The molecule has 0 radical (unpaired) electrons. The van der Waals surface area contributed by atoms with Crippen LogP contribution in [0, 0.1) is 0 Å². The highest BCUT2D eigenvalue weighted by atomic mass is 79.9. The third-order valence-electron chi connectivity index (χ3n) is 1.46. The number of aromatic carboxylic acids is 1. The van der Waals surface area contributed by atoms with Gasteiger partial charge in [-0.1, -0.05) is 28.1 Å². The van der Waals surface area contributed by atoms with Crippen molar-refractivity contribution < 1.29 is 9.90 Å². The summed E-state index contributed by atoms with van der Waals surface area (Å²) in [5.41, 5.74) is 0.790. The number of allylic oxidation sites excluding steroid dienone is 1. The molecule has 1 rings (SSSR count). The van der Waals surface area contributed by atoms with Crippen molar-refractivity contribution in [3.63, 3.8) is 0 Å². The van der Waals surface area contributed by atoms with Gasteiger partial charge in [0.15, 0.2) is 0 Å². The van der Waals surface area contributed by atoms with Gasteiger partial charge >= 0.3 is 5.97 Å². The van der Waals surface area contributed by atoms with Crippen LogP contribution in [-0.2, 0) is 0 Å². The molecular formula is C9H9BrO2S. The Balaban J connectivity index is 2.76. The first-order valence-electron chi connectivity index (χ1n) is 3.79. The number of thiophene rings is 1. The summed E-state index contributed by atoms with van der Waals surface area (Å²) in [6.45, 7) is 0. The fourth-order valence-corrected chi connectivity index (χ4v) is 1.89. The van der Waals surface area contributed by atoms with E-state index in [1.807, 2.05) is 18.2 Å². The lowest BCUT2D eigenvalue weighted by molar-refractivity contribution is 0.0702. The smallest absolute Gasteiger partial charge is 0.346 e. The predicted molar refractivity (Wildman–Crippen MR) is 58.7 cm³/mol. The lowest BCUT2D eigenvalue weighted by atomic mass is 10.2. The topological polar surface area (TPSA) is 37.3 Å². The Morgan fingerprint density at radius 2 is 2.46 bits per heavy atom. The van der Waals surface area contributed by atoms with E-state index in [1.165, 1.54) is 11.3 Å². The van der Waals surface area contributed by atoms with Crippen LogP contribution in [0.2, 0.25) is 0 Å². The van der Waals surface area contributed by atoms with Gasteiger partial charge in [0.05, 0.1) is 0 Å². The highest BCUT2D eigenvalue weighted by Crippen LogP contribution is 2.18. The lowest BCUT2D eigenvalue weighted by Crippen LogP contribution is -1.93. The van der Waals surface area contributed by atoms with E-state index in [2.05, 4.69) is 15.9 Å². The summed E-state index contributed by atoms with van der Waals surface area (Å²) >= 11 is 4.55. The summed E-state index contributed by atoms with van der Waals surface area (Å²) in [4.78, 5) is 11.1. The van der Waals surface area contributed by atoms with E-state index < -0.39 is 5.97 Å². The van der Waals surface area contributed by atoms with Crippen LogP contribution in [0.25, 0.3) is 6.08 Å². The zero-order chi connectivity index (χ0) is 9.68. The first-order chi connectivity index (χ1) is 6.25. The van der Waals surface area contributed by atoms with Crippen LogP contribution in [0.1, 0.15) is 21.7 Å². The number of halogens is 1. The number of hydrogen-bond donors (Lipinski definition) is 1. The molecule has 0 aliphatic rings. The van der Waals surface area contributed by atoms with Crippen LogP contribution in [-0.4, -0.2) is 16.4 Å². The number of rotatable bonds is 4. The fourth-order valence-electron chi connectivity index (χ4n) is 0.898. The van der Waals surface area contributed by atoms with E-state index in [-0.39, 0.29) is 0 Å². The second kappa shape index (κ2) is 5.19. The quantitative estimate of drug-likeness (QED) is 0.845. The van der Waals surface area contributed by atoms with Gasteiger partial charge in [0.2, 0.25) is 0 Å². The van der Waals surface area contributed by atoms with Crippen molar-refractivity contribution >= 4 is 39.3 Å². The van der Waals surface area contributed by atoms with Gasteiger partial charge in [-0.15, -0.1) is 11.3 Å². The van der Waals surface area contributed by atoms with E-state index >= 15 is 0 Å². The van der Waals surface area contributed by atoms with E-state index in [0.717, 1.165) is 17.3 Å². The molecule has 13 heavy (non-hydrogen) atoms. The van der Waals surface area contributed by atoms with Crippen molar-refractivity contribution in [2.75, 3.05) is 5.33 Å². The zero-order valence-electron chi connectivity index (χ0n) is 6.87. The van der Waals surface area contributed by atoms with Crippen LogP contribution < -0.4 is 0 Å². The molecular weight excluding hydrogens is 252 g/mol. The van der Waals surface area contributed by atoms with E-state index in [1.54, 1.807) is 5.38 Å². The summed E-state index contributed by atoms with van der Waals surface area (Å²) in [7, 11) is 0. The Kier molecular flexibility index (Phi) is 4.18. The number of carboxylic acids is 1. The molecule has 4 heteroatoms. The summed E-state index contributed by atoms with van der Waals surface area (Å²) < 4.78 is 0. The van der Waals surface area contributed by atoms with Crippen LogP contribution >= 0.6 is 27.3 Å². The van der Waals surface area contributed by atoms with E-state index in [4.69, 9.17) is 5.11 Å². The first kappa shape index (κ1) is 10.5. The standard InChI is InChI=1S/C9H9BrO2S/c10-5-2-1-3-7-4-6-13-8(7)9(11)12/h1,3-4,6H,2,5H2,(H,11,12). The molecule has 1 aromatic heterocycles. The van der Waals surface area contributed by atoms with Crippen molar-refractivity contribution in [1.29, 1.82) is 0 Å². The molecule has 0 fully saturated rings. The fraction of sp³-hybridized carbons (Fsp3) is 0.222. The monoisotopic (exact) mass is 260 g/mol. The summed E-state index contributed by atoms with van der Waals surface area (Å²) in [5.74, 6) is -0.853. The predicted octanol–water partition coefficient (Wildman–Crippen LogP) is 3.24. The minimum atomic E-state index is -0.853. The second-order valence-corrected chi connectivity index (χ2v) is 4.10. The zero-order valence-corrected chi connectivity index (χ0v) is 9.27. The molecule has 1 aromatic rings. The highest BCUT2D eigenvalue weighted by Gasteiger charge is 2.08. The number of carbonyl (C=O) groups is 1. The van der Waals surface area contributed by atoms with Crippen LogP contribution in [0.5, 0.6) is 0 Å². The Hall–Kier alpha value is -0.610. The molecule has 0 amide bonds. The SMILES string of the molecule is O=C(O)c1sccc1C=CCCBr. The van der Waals surface area contributed by atoms with E-state index in [0.29, 0.717) is 4.88 Å². The van der Waals surface area contributed by atoms with E-state index in [9.17, 15) is 4.79 Å². The Morgan fingerprint density at radius 1 is 1.69 bits per heavy atom. The molecule has 0 aliphatic carbocycles. The third kappa shape index (κ3) is 2.97. The van der Waals surface area contributed by atoms with Gasteiger partial charge in [0, 0.05) is 5.33 Å². The van der Waals surface area contributed by atoms with Crippen molar-refractivity contribution in [2.45, 2.75) is 6.42 Å². The lowest BCUT2D eigenvalue weighted by Gasteiger charge is -1.90. The van der Waals surface area contributed by atoms with Crippen molar-refractivity contribution in [1.82, 2.24) is 0 Å². The summed E-state index contributed by atoms with van der Waals surface area (Å²) in [6.07, 6.45) is 4.72. The van der Waals surface area contributed by atoms with Crippen LogP contribution in [0.15, 0.2) is 17.5 Å². The number of alkyl halides is 1. The van der Waals surface area contributed by atoms with Crippen molar-refractivity contribution in [2.24, 2.45) is 0 Å². The van der Waals surface area contributed by atoms with Crippen molar-refractivity contribution in [3.8, 4) is 0 Å². The molecule has 0 aromatic carbocycles. The Labute approximate surface area is 89.0 Å². The van der Waals surface area contributed by atoms with Crippen molar-refractivity contribution in [3.05, 3.63) is 28.0 Å². The Bertz CT molecular complexity index is 317. The molecule has 2 nitrogen and oxygen atoms in total. The van der Waals surface area contributed by atoms with Gasteiger partial charge in [-0.05, 0) is 23.4 Å². The highest BCUT2D eigenvalue weighted by molar-refractivity contribution is 9.09. The Morgan fingerprint density at radius 3 is 3.08 bits per heavy atom. The molecule has 1 heterocycles. The molecule has 0 unspecified atom stereocenters. The maximum Gasteiger partial charge on any atom is 0.346 e. The average Bonchev–Trinajstić information content (AvgIpc) is 2.53. The molecule has 0 aliphatic heterocycles. The summed E-state index contributed by atoms with van der Waals surface area (Å²) in [5, 5.41) is 11.5. The van der Waals surface area contributed by atoms with Crippen LogP contribution in [0.3, 0.4) is 0 Å². The first-order valence-corrected chi connectivity index (χ1v) is 5.79. The van der Waals surface area contributed by atoms with Crippen LogP contribution in [0.4, 0.5) is 0 Å². The van der Waals surface area contributed by atoms with Gasteiger partial charge in [0.1, 0.15) is 4.88 Å². The van der Waals surface area contributed by atoms with Gasteiger partial charge in [-0.3, -0.25) is 0 Å². The average molecular weight is 261 g/mol. The minimum Gasteiger partial charge on any atom is -0.477 e. The molecule has 0 bridgehead atoms. The molecule has 0 saturated carbocycles. The maximum absolute atomic E-state index is 10.7. The van der Waals surface area contributed by atoms with Gasteiger partial charge in [-0.2, -0.15) is 0 Å². The number of hydrogen-bond acceptors (Lipinski definition) is 2. The summed E-state index contributed by atoms with van der Waals surface area (Å²) in [6, 6.07) is 1.82. The molecule has 70 valence electrons. The normalized spacial score (nSPS) is 10.8. The molecule has 0 spiro atoms. The largest absolute Gasteiger partial charge is 0.477 e. The number of carboxylic acid groups (broad SMARTS) is 1. The van der Waals surface area contributed by atoms with Gasteiger partial charge in [-0.25, -0.2) is 4.79 Å². The minimum absolute atomic E-state index is 0.408. The molecule has 1 N–H and O–H groups in total. The van der Waals surface area contributed by atoms with Gasteiger partial charge < -0.3 is 5.11 Å². The molecule has 0 atom stereocenters. The molecule has 0 saturated heterocycles.